The Kier molecular flexibility index (Phi) is 27.5. The number of benzene rings is 2. The molecular weight excluding hydrogens is 1010 g/mol. The zero-order valence-corrected chi connectivity index (χ0v) is 44.8. The van der Waals surface area contributed by atoms with E-state index in [0.717, 1.165) is 10.9 Å². The summed E-state index contributed by atoms with van der Waals surface area (Å²) in [4.78, 5) is 132. The molecule has 3 aromatic rings. The Morgan fingerprint density at radius 2 is 1.32 bits per heavy atom. The maximum Gasteiger partial charge on any atom is 0.268 e. The Balaban J connectivity index is 1.77. The van der Waals surface area contributed by atoms with Gasteiger partial charge in [-0.3, -0.25) is 53.1 Å². The minimum atomic E-state index is -1.34. The number of primary amides is 1. The number of nitrogens with one attached hydrogen (secondary N) is 8. The lowest BCUT2D eigenvalue weighted by atomic mass is 10.0. The van der Waals surface area contributed by atoms with Crippen LogP contribution in [0.3, 0.4) is 0 Å². The normalized spacial score (nSPS) is 14.2. The molecule has 0 saturated heterocycles. The van der Waals surface area contributed by atoms with Crippen LogP contribution in [0.15, 0.2) is 76.5 Å². The number of rotatable bonds is 35. The summed E-state index contributed by atoms with van der Waals surface area (Å²) in [7, 11) is 1.45. The summed E-state index contributed by atoms with van der Waals surface area (Å²) in [6, 6.07) is 8.90. The number of nitrogens with two attached hydrogens (primary N) is 6. The van der Waals surface area contributed by atoms with E-state index in [-0.39, 0.29) is 94.7 Å². The molecule has 1 aromatic heterocycles. The number of aromatic nitrogens is 1. The summed E-state index contributed by atoms with van der Waals surface area (Å²) in [5.74, 6) is -5.48. The van der Waals surface area contributed by atoms with Gasteiger partial charge < -0.3 is 81.5 Å². The van der Waals surface area contributed by atoms with E-state index in [1.54, 1.807) is 50.4 Å². The summed E-state index contributed by atoms with van der Waals surface area (Å²) < 4.78 is 0. The maximum absolute atomic E-state index is 14.3. The van der Waals surface area contributed by atoms with Gasteiger partial charge >= 0.3 is 0 Å². The number of nitrogens with zero attached hydrogens (tertiary/aromatic N) is 3. The molecule has 26 nitrogen and oxygen atoms in total. The molecule has 0 saturated carbocycles. The molecule has 7 atom stereocenters. The summed E-state index contributed by atoms with van der Waals surface area (Å²) in [6.07, 6.45) is 4.57. The van der Waals surface area contributed by atoms with Crippen molar-refractivity contribution in [1.29, 1.82) is 0 Å². The van der Waals surface area contributed by atoms with Crippen molar-refractivity contribution in [3.63, 3.8) is 0 Å². The van der Waals surface area contributed by atoms with Crippen LogP contribution in [0.25, 0.3) is 17.0 Å². The van der Waals surface area contributed by atoms with Gasteiger partial charge in [-0.2, -0.15) is 0 Å². The van der Waals surface area contributed by atoms with E-state index in [0.29, 0.717) is 30.4 Å². The quantitative estimate of drug-likeness (QED) is 0.00982. The fraction of sp³-hybridized carbons (Fsp3) is 0.481. The second-order valence-electron chi connectivity index (χ2n) is 18.8. The molecule has 0 unspecified atom stereocenters. The summed E-state index contributed by atoms with van der Waals surface area (Å²) in [6.45, 7) is 5.36. The fourth-order valence-electron chi connectivity index (χ4n) is 7.98. The van der Waals surface area contributed by atoms with Gasteiger partial charge in [0.1, 0.15) is 41.7 Å². The Morgan fingerprint density at radius 1 is 0.705 bits per heavy atom. The molecule has 26 heteroatoms. The standard InChI is InChI=1S/C52H79N17O9/c1-31(21-22-53)64-49(76)42(68-51(78)43(69(4)33(3)71)20-13-24-60-45(55)32(2)54)28-44(72)59-23-11-10-18-38(46(56)73)65-50(77)41(27-35-29-62-37-17-9-8-16-36(35)37)67-47(74)39(19-12-25-61-52(57)58)66-48(75)40(63-30-70)26-34-14-6-5-7-15-34/h5-9,14-17,26,29-32,38-39,41-43,62H,10-13,18-25,27-28,53-54H2,1-4H3,(H2,55,60)(H2,56,73)(H,59,72)(H,63,70)(H,64,76)(H,65,77)(H,66,75)(H,67,74)(H,68,78)(H4,57,58,61)/b40-26+/t31-,32-,38+,39+,41+,42+,43+/m1/s1. The Hall–Kier alpha value is -8.39. The molecule has 2 aromatic carbocycles. The zero-order chi connectivity index (χ0) is 57.7. The number of carbonyl (C=O) groups is 9. The number of para-hydroxylation sites is 1. The molecule has 3 rings (SSSR count). The molecule has 0 aliphatic heterocycles. The van der Waals surface area contributed by atoms with Gasteiger partial charge in [-0.05, 0) is 95.0 Å². The third kappa shape index (κ3) is 22.4. The second-order valence-corrected chi connectivity index (χ2v) is 18.8. The van der Waals surface area contributed by atoms with Crippen LogP contribution in [-0.2, 0) is 49.6 Å². The number of unbranched alkanes of at least 4 members (excludes halogenated alkanes) is 1. The Labute approximate surface area is 453 Å². The average Bonchev–Trinajstić information content (AvgIpc) is 3.80. The van der Waals surface area contributed by atoms with Crippen molar-refractivity contribution >= 4 is 82.4 Å². The molecule has 1 heterocycles. The molecule has 9 amide bonds. The number of aromatic amines is 1. The van der Waals surface area contributed by atoms with Gasteiger partial charge in [-0.1, -0.05) is 48.5 Å². The number of carbonyl (C=O) groups excluding carboxylic acids is 9. The highest BCUT2D eigenvalue weighted by Crippen LogP contribution is 2.20. The van der Waals surface area contributed by atoms with Crippen LogP contribution in [-0.4, -0.2) is 151 Å². The minimum Gasteiger partial charge on any atom is -0.386 e. The van der Waals surface area contributed by atoms with Gasteiger partial charge in [0.05, 0.1) is 12.5 Å². The number of hydrogen-bond acceptors (Lipinski definition) is 13. The number of hydrogen-bond donors (Lipinski definition) is 14. The first-order valence-electron chi connectivity index (χ1n) is 25.8. The van der Waals surface area contributed by atoms with Crippen LogP contribution in [0.4, 0.5) is 0 Å². The predicted octanol–water partition coefficient (Wildman–Crippen LogP) is -2.16. The number of fused-ring (bicyclic) bond motifs is 1. The van der Waals surface area contributed by atoms with E-state index < -0.39 is 89.9 Å². The van der Waals surface area contributed by atoms with Gasteiger partial charge in [0.2, 0.25) is 47.8 Å². The monoisotopic (exact) mass is 1090 g/mol. The van der Waals surface area contributed by atoms with Crippen molar-refractivity contribution in [3.8, 4) is 0 Å². The highest BCUT2D eigenvalue weighted by molar-refractivity contribution is 6.02. The largest absolute Gasteiger partial charge is 0.386 e. The smallest absolute Gasteiger partial charge is 0.268 e. The molecule has 0 bridgehead atoms. The van der Waals surface area contributed by atoms with Gasteiger partial charge in [-0.25, -0.2) is 0 Å². The number of amidine groups is 1. The highest BCUT2D eigenvalue weighted by Gasteiger charge is 2.33. The molecule has 0 spiro atoms. The molecular formula is C52H79N17O9. The zero-order valence-electron chi connectivity index (χ0n) is 44.8. The van der Waals surface area contributed by atoms with E-state index in [9.17, 15) is 43.2 Å². The van der Waals surface area contributed by atoms with Crippen molar-refractivity contribution in [2.75, 3.05) is 33.2 Å². The van der Waals surface area contributed by atoms with Crippen LogP contribution in [0.1, 0.15) is 89.7 Å². The summed E-state index contributed by atoms with van der Waals surface area (Å²) in [5.41, 5.74) is 35.9. The van der Waals surface area contributed by atoms with E-state index in [1.807, 2.05) is 24.3 Å². The first kappa shape index (κ1) is 63.9. The van der Waals surface area contributed by atoms with E-state index in [1.165, 1.54) is 24.9 Å². The maximum atomic E-state index is 14.3. The average molecular weight is 1090 g/mol. The number of likely N-dealkylation sites (N-methyl/N-ethyl adjacent to an activating group) is 1. The van der Waals surface area contributed by atoms with Crippen LogP contribution in [0.5, 0.6) is 0 Å². The molecule has 0 aliphatic rings. The van der Waals surface area contributed by atoms with Gasteiger partial charge in [0.15, 0.2) is 5.96 Å². The van der Waals surface area contributed by atoms with Crippen LogP contribution < -0.4 is 71.6 Å². The van der Waals surface area contributed by atoms with Gasteiger partial charge in [0.25, 0.3) is 5.91 Å². The van der Waals surface area contributed by atoms with E-state index in [4.69, 9.17) is 34.4 Å². The van der Waals surface area contributed by atoms with E-state index in [2.05, 4.69) is 52.2 Å². The Morgan fingerprint density at radius 3 is 1.97 bits per heavy atom. The molecule has 0 fully saturated rings. The topological polar surface area (TPSA) is 438 Å². The molecule has 78 heavy (non-hydrogen) atoms. The first-order valence-corrected chi connectivity index (χ1v) is 25.8. The lowest BCUT2D eigenvalue weighted by Crippen LogP contribution is -2.57. The van der Waals surface area contributed by atoms with Crippen LogP contribution in [0, 0.1) is 0 Å². The molecule has 426 valence electrons. The van der Waals surface area contributed by atoms with Crippen molar-refractivity contribution < 1.29 is 43.2 Å². The summed E-state index contributed by atoms with van der Waals surface area (Å²) >= 11 is 0. The Bertz CT molecular complexity index is 2580. The van der Waals surface area contributed by atoms with Gasteiger partial charge in [-0.15, -0.1) is 0 Å². The molecule has 0 aliphatic carbocycles. The lowest BCUT2D eigenvalue weighted by molar-refractivity contribution is -0.139. The molecule has 20 N–H and O–H groups in total. The minimum absolute atomic E-state index is 0.00573. The third-order valence-electron chi connectivity index (χ3n) is 12.4. The number of amides is 9. The third-order valence-corrected chi connectivity index (χ3v) is 12.4. The summed E-state index contributed by atoms with van der Waals surface area (Å²) in [5, 5.41) is 19.4. The van der Waals surface area contributed by atoms with Crippen molar-refractivity contribution in [2.24, 2.45) is 44.4 Å². The predicted molar refractivity (Wildman–Crippen MR) is 297 cm³/mol. The number of aliphatic imine (C=N–C) groups is 2. The number of guanidine groups is 1. The van der Waals surface area contributed by atoms with Crippen molar-refractivity contribution in [2.45, 2.75) is 127 Å². The van der Waals surface area contributed by atoms with Crippen LogP contribution in [0.2, 0.25) is 0 Å². The lowest BCUT2D eigenvalue weighted by Gasteiger charge is -2.28. The highest BCUT2D eigenvalue weighted by atomic mass is 16.2. The fourth-order valence-corrected chi connectivity index (χ4v) is 7.98. The second kappa shape index (κ2) is 33.6. The van der Waals surface area contributed by atoms with Gasteiger partial charge in [0, 0.05) is 63.2 Å². The number of H-pyrrole nitrogens is 1. The van der Waals surface area contributed by atoms with Crippen molar-refractivity contribution in [1.82, 2.24) is 47.1 Å². The SMILES string of the molecule is CC(=O)N(C)[C@@H](CCCN=C(N)[C@@H](C)N)C(=O)N[C@@H](CC(=O)NCCCC[C@H](NC(=O)[C@H](Cc1c[nH]c2ccccc12)NC(=O)[C@H](CCCN=C(N)N)NC(=O)/C(=C\c1ccccc1)NC=O)C(N)=O)C(=O)N[C@H](C)CCN. The van der Waals surface area contributed by atoms with E-state index >= 15 is 0 Å². The first-order chi connectivity index (χ1) is 37.1. The van der Waals surface area contributed by atoms with Crippen molar-refractivity contribution in [3.05, 3.63) is 77.6 Å². The molecule has 0 radical (unpaired) electrons. The van der Waals surface area contributed by atoms with Crippen LogP contribution >= 0.6 is 0 Å².